The summed E-state index contributed by atoms with van der Waals surface area (Å²) >= 11 is 1.28. The van der Waals surface area contributed by atoms with Gasteiger partial charge in [-0.3, -0.25) is 9.78 Å². The van der Waals surface area contributed by atoms with Gasteiger partial charge in [-0.2, -0.15) is 13.2 Å². The van der Waals surface area contributed by atoms with Crippen LogP contribution in [0.3, 0.4) is 0 Å². The summed E-state index contributed by atoms with van der Waals surface area (Å²) in [6, 6.07) is 3.56. The molecule has 3 aromatic rings. The van der Waals surface area contributed by atoms with E-state index >= 15 is 0 Å². The molecule has 0 aromatic carbocycles. The minimum Gasteiger partial charge on any atom is -0.344 e. The fraction of sp³-hybridized carbons (Fsp3) is 0.231. The summed E-state index contributed by atoms with van der Waals surface area (Å²) in [5, 5.41) is 18.4. The number of hydrogen-bond donors (Lipinski definition) is 1. The maximum atomic E-state index is 12.3. The first-order valence-corrected chi connectivity index (χ1v) is 7.70. The maximum Gasteiger partial charge on any atom is 0.408 e. The van der Waals surface area contributed by atoms with Gasteiger partial charge in [0.2, 0.25) is 0 Å². The van der Waals surface area contributed by atoms with E-state index in [1.165, 1.54) is 11.3 Å². The number of hydrogen-bond acceptors (Lipinski definition) is 7. The Hall–Kier alpha value is -2.89. The van der Waals surface area contributed by atoms with E-state index in [9.17, 15) is 18.0 Å². The van der Waals surface area contributed by atoms with Crippen LogP contribution < -0.4 is 5.32 Å². The van der Waals surface area contributed by atoms with E-state index in [1.807, 2.05) is 0 Å². The highest BCUT2D eigenvalue weighted by atomic mass is 32.1. The molecule has 1 N–H and O–H groups in total. The molecule has 25 heavy (non-hydrogen) atoms. The number of nitrogens with zero attached hydrogens (tertiary/aromatic N) is 6. The van der Waals surface area contributed by atoms with Crippen molar-refractivity contribution in [2.75, 3.05) is 0 Å². The first-order chi connectivity index (χ1) is 11.9. The van der Waals surface area contributed by atoms with Crippen LogP contribution in [0, 0.1) is 0 Å². The van der Waals surface area contributed by atoms with E-state index in [-0.39, 0.29) is 12.2 Å². The summed E-state index contributed by atoms with van der Waals surface area (Å²) in [4.78, 5) is 15.8. The second kappa shape index (κ2) is 6.93. The number of amides is 1. The fourth-order valence-corrected chi connectivity index (χ4v) is 2.63. The van der Waals surface area contributed by atoms with Crippen LogP contribution in [0.5, 0.6) is 0 Å². The van der Waals surface area contributed by atoms with Crippen molar-refractivity contribution in [1.29, 1.82) is 0 Å². The fourth-order valence-electron chi connectivity index (χ4n) is 1.85. The van der Waals surface area contributed by atoms with Crippen LogP contribution in [0.1, 0.15) is 15.5 Å². The summed E-state index contributed by atoms with van der Waals surface area (Å²) in [7, 11) is 0. The Morgan fingerprint density at radius 3 is 2.68 bits per heavy atom. The molecule has 1 amide bonds. The van der Waals surface area contributed by atoms with Gasteiger partial charge in [-0.25, -0.2) is 4.68 Å². The number of nitrogens with one attached hydrogen (secondary N) is 1. The van der Waals surface area contributed by atoms with Crippen molar-refractivity contribution < 1.29 is 18.0 Å². The average molecular weight is 369 g/mol. The van der Waals surface area contributed by atoms with Crippen LogP contribution in [0.25, 0.3) is 10.6 Å². The Kier molecular flexibility index (Phi) is 4.70. The van der Waals surface area contributed by atoms with E-state index < -0.39 is 18.6 Å². The lowest BCUT2D eigenvalue weighted by Gasteiger charge is -2.03. The van der Waals surface area contributed by atoms with Gasteiger partial charge < -0.3 is 5.32 Å². The highest BCUT2D eigenvalue weighted by Crippen LogP contribution is 2.22. The topological polar surface area (TPSA) is 98.5 Å². The van der Waals surface area contributed by atoms with Crippen molar-refractivity contribution >= 4 is 17.2 Å². The maximum absolute atomic E-state index is 12.3. The summed E-state index contributed by atoms with van der Waals surface area (Å²) in [6.45, 7) is -1.23. The summed E-state index contributed by atoms with van der Waals surface area (Å²) in [6.07, 6.45) is -0.242. The molecule has 0 aliphatic rings. The van der Waals surface area contributed by atoms with E-state index in [0.717, 1.165) is 11.8 Å². The van der Waals surface area contributed by atoms with Gasteiger partial charge in [-0.15, -0.1) is 15.3 Å². The molecule has 0 bridgehead atoms. The molecular weight excluding hydrogens is 359 g/mol. The van der Waals surface area contributed by atoms with Crippen molar-refractivity contribution in [2.45, 2.75) is 19.3 Å². The number of carbonyl (C=O) groups excluding carboxylic acids is 1. The molecule has 0 saturated carbocycles. The summed E-state index contributed by atoms with van der Waals surface area (Å²) in [5.41, 5.74) is 0.642. The number of pyridine rings is 1. The Bertz CT molecular complexity index is 862. The van der Waals surface area contributed by atoms with Crippen LogP contribution in [0.4, 0.5) is 13.2 Å². The van der Waals surface area contributed by atoms with Crippen molar-refractivity contribution in [1.82, 2.24) is 35.5 Å². The van der Waals surface area contributed by atoms with Crippen LogP contribution in [0.15, 0.2) is 30.7 Å². The third kappa shape index (κ3) is 4.56. The van der Waals surface area contributed by atoms with Crippen molar-refractivity contribution in [3.05, 3.63) is 41.4 Å². The number of halogens is 3. The minimum absolute atomic E-state index is 0.0771. The van der Waals surface area contributed by atoms with Crippen LogP contribution in [0.2, 0.25) is 0 Å². The number of alkyl halides is 3. The van der Waals surface area contributed by atoms with Crippen LogP contribution >= 0.6 is 11.3 Å². The zero-order valence-corrected chi connectivity index (χ0v) is 13.3. The van der Waals surface area contributed by atoms with Gasteiger partial charge in [0.25, 0.3) is 5.91 Å². The van der Waals surface area contributed by atoms with Gasteiger partial charge in [0.15, 0.2) is 5.69 Å². The second-order valence-electron chi connectivity index (χ2n) is 4.84. The van der Waals surface area contributed by atoms with Gasteiger partial charge in [-0.1, -0.05) is 16.6 Å². The Morgan fingerprint density at radius 2 is 1.96 bits per heavy atom. The summed E-state index contributed by atoms with van der Waals surface area (Å²) < 4.78 is 37.3. The molecule has 0 aliphatic heterocycles. The van der Waals surface area contributed by atoms with E-state index in [4.69, 9.17) is 0 Å². The number of rotatable bonds is 5. The second-order valence-corrected chi connectivity index (χ2v) is 5.90. The van der Waals surface area contributed by atoms with Crippen molar-refractivity contribution in [2.24, 2.45) is 0 Å². The molecule has 0 radical (unpaired) electrons. The molecule has 0 saturated heterocycles. The van der Waals surface area contributed by atoms with Crippen LogP contribution in [-0.2, 0) is 13.1 Å². The zero-order chi connectivity index (χ0) is 17.9. The van der Waals surface area contributed by atoms with Crippen molar-refractivity contribution in [3.63, 3.8) is 0 Å². The number of aromatic nitrogens is 6. The smallest absolute Gasteiger partial charge is 0.344 e. The first kappa shape index (κ1) is 17.0. The highest BCUT2D eigenvalue weighted by Gasteiger charge is 2.29. The predicted octanol–water partition coefficient (Wildman–Crippen LogP) is 1.68. The van der Waals surface area contributed by atoms with E-state index in [1.54, 1.807) is 24.5 Å². The van der Waals surface area contributed by atoms with Gasteiger partial charge in [0, 0.05) is 18.0 Å². The van der Waals surface area contributed by atoms with Gasteiger partial charge in [0.1, 0.15) is 16.6 Å². The number of carbonyl (C=O) groups is 1. The van der Waals surface area contributed by atoms with Gasteiger partial charge >= 0.3 is 6.18 Å². The van der Waals surface area contributed by atoms with Crippen LogP contribution in [-0.4, -0.2) is 42.3 Å². The molecule has 0 fully saturated rings. The minimum atomic E-state index is -4.43. The molecule has 3 heterocycles. The third-order valence-electron chi connectivity index (χ3n) is 2.91. The molecule has 0 unspecified atom stereocenters. The van der Waals surface area contributed by atoms with E-state index in [2.05, 4.69) is 30.8 Å². The Balaban J connectivity index is 1.59. The lowest BCUT2D eigenvalue weighted by Crippen LogP contribution is -2.23. The SMILES string of the molecule is O=C(NCc1nnc(-c2ccncc2)s1)c1cn(CC(F)(F)F)nn1. The highest BCUT2D eigenvalue weighted by molar-refractivity contribution is 7.14. The van der Waals surface area contributed by atoms with Crippen molar-refractivity contribution in [3.8, 4) is 10.6 Å². The molecule has 12 heteroatoms. The Morgan fingerprint density at radius 1 is 1.20 bits per heavy atom. The van der Waals surface area contributed by atoms with E-state index in [0.29, 0.717) is 14.7 Å². The summed E-state index contributed by atoms with van der Waals surface area (Å²) in [5.74, 6) is -0.644. The molecule has 0 spiro atoms. The molecule has 0 aliphatic carbocycles. The largest absolute Gasteiger partial charge is 0.408 e. The monoisotopic (exact) mass is 369 g/mol. The molecule has 3 aromatic heterocycles. The lowest BCUT2D eigenvalue weighted by molar-refractivity contribution is -0.142. The molecule has 3 rings (SSSR count). The predicted molar refractivity (Wildman–Crippen MR) is 80.4 cm³/mol. The first-order valence-electron chi connectivity index (χ1n) is 6.88. The quantitative estimate of drug-likeness (QED) is 0.735. The molecule has 0 atom stereocenters. The normalized spacial score (nSPS) is 11.5. The molecule has 130 valence electrons. The van der Waals surface area contributed by atoms with Gasteiger partial charge in [-0.05, 0) is 12.1 Å². The third-order valence-corrected chi connectivity index (χ3v) is 3.88. The average Bonchev–Trinajstić information content (AvgIpc) is 3.21. The van der Waals surface area contributed by atoms with Gasteiger partial charge in [0.05, 0.1) is 12.7 Å². The lowest BCUT2D eigenvalue weighted by atomic mass is 10.3. The standard InChI is InChI=1S/C13H10F3N7OS/c14-13(15,16)7-23-6-9(19-22-23)11(24)18-5-10-20-21-12(25-10)8-1-3-17-4-2-8/h1-4,6H,5,7H2,(H,18,24). The molecule has 8 nitrogen and oxygen atoms in total. The Labute approximate surface area is 142 Å². The zero-order valence-electron chi connectivity index (χ0n) is 12.4. The molecular formula is C13H10F3N7OS.